The van der Waals surface area contributed by atoms with Gasteiger partial charge in [0.1, 0.15) is 0 Å². The van der Waals surface area contributed by atoms with Crippen molar-refractivity contribution in [1.29, 1.82) is 0 Å². The molecule has 2 aliphatic rings. The van der Waals surface area contributed by atoms with E-state index in [-0.39, 0.29) is 5.91 Å². The third-order valence-electron chi connectivity index (χ3n) is 4.44. The second-order valence-electron chi connectivity index (χ2n) is 5.86. The zero-order valence-corrected chi connectivity index (χ0v) is 12.2. The summed E-state index contributed by atoms with van der Waals surface area (Å²) in [5, 5.41) is 3.42. The van der Waals surface area contributed by atoms with Gasteiger partial charge in [-0.25, -0.2) is 0 Å². The molecule has 1 aromatic carbocycles. The van der Waals surface area contributed by atoms with Gasteiger partial charge < -0.3 is 11.1 Å². The first-order valence-corrected chi connectivity index (χ1v) is 7.58. The van der Waals surface area contributed by atoms with Crippen molar-refractivity contribution in [2.75, 3.05) is 24.1 Å². The van der Waals surface area contributed by atoms with Crippen molar-refractivity contribution in [3.8, 4) is 0 Å². The van der Waals surface area contributed by atoms with E-state index in [0.29, 0.717) is 28.9 Å². The maximum absolute atomic E-state index is 12.0. The van der Waals surface area contributed by atoms with E-state index in [9.17, 15) is 4.79 Å². The Bertz CT molecular complexity index is 520. The number of carbonyl (C=O) groups excluding carboxylic acids is 1. The van der Waals surface area contributed by atoms with Crippen LogP contribution in [0.3, 0.4) is 0 Å². The molecule has 1 aromatic rings. The summed E-state index contributed by atoms with van der Waals surface area (Å²) < 4.78 is 0. The number of carbonyl (C=O) groups is 1. The van der Waals surface area contributed by atoms with Gasteiger partial charge in [-0.15, -0.1) is 0 Å². The lowest BCUT2D eigenvalue weighted by Crippen LogP contribution is -2.34. The Morgan fingerprint density at radius 3 is 3.00 bits per heavy atom. The molecule has 0 spiro atoms. The zero-order valence-electron chi connectivity index (χ0n) is 11.4. The van der Waals surface area contributed by atoms with Crippen molar-refractivity contribution >= 4 is 28.9 Å². The van der Waals surface area contributed by atoms with E-state index in [1.807, 2.05) is 0 Å². The van der Waals surface area contributed by atoms with E-state index >= 15 is 0 Å². The van der Waals surface area contributed by atoms with Gasteiger partial charge in [0, 0.05) is 30.6 Å². The summed E-state index contributed by atoms with van der Waals surface area (Å²) in [5.41, 5.74) is 6.97. The van der Waals surface area contributed by atoms with E-state index in [1.165, 1.54) is 19.3 Å². The highest BCUT2D eigenvalue weighted by Gasteiger charge is 2.37. The predicted octanol–water partition coefficient (Wildman–Crippen LogP) is 2.74. The summed E-state index contributed by atoms with van der Waals surface area (Å²) in [6, 6.07) is 5.82. The van der Waals surface area contributed by atoms with Crippen molar-refractivity contribution < 1.29 is 4.79 Å². The first kappa shape index (κ1) is 13.7. The van der Waals surface area contributed by atoms with Crippen LogP contribution in [0, 0.1) is 5.92 Å². The Labute approximate surface area is 124 Å². The number of fused-ring (bicyclic) bond motifs is 2. The van der Waals surface area contributed by atoms with E-state index in [2.05, 4.69) is 10.2 Å². The minimum atomic E-state index is 0.00161. The van der Waals surface area contributed by atoms with Gasteiger partial charge in [-0.2, -0.15) is 0 Å². The third-order valence-corrected chi connectivity index (χ3v) is 4.67. The average Bonchev–Trinajstić information content (AvgIpc) is 3.03. The lowest BCUT2D eigenvalue weighted by molar-refractivity contribution is -0.116. The first-order chi connectivity index (χ1) is 9.61. The summed E-state index contributed by atoms with van der Waals surface area (Å²) >= 11 is 5.91. The number of rotatable bonds is 4. The highest BCUT2D eigenvalue weighted by molar-refractivity contribution is 6.31. The standard InChI is InChI=1S/C15H20ClN3O/c16-11-2-4-13(17)14(8-11)18-15(20)5-6-19-9-10-1-3-12(19)7-10/h2,4,8,10,12H,1,3,5-7,9,17H2,(H,18,20). The molecule has 1 aliphatic carbocycles. The Hall–Kier alpha value is -1.26. The number of halogens is 1. The summed E-state index contributed by atoms with van der Waals surface area (Å²) in [4.78, 5) is 14.5. The molecule has 1 aliphatic heterocycles. The zero-order chi connectivity index (χ0) is 14.1. The van der Waals surface area contributed by atoms with Crippen molar-refractivity contribution in [3.63, 3.8) is 0 Å². The van der Waals surface area contributed by atoms with Gasteiger partial charge in [-0.3, -0.25) is 9.69 Å². The summed E-state index contributed by atoms with van der Waals surface area (Å²) in [5.74, 6) is 0.869. The van der Waals surface area contributed by atoms with Crippen LogP contribution in [0.4, 0.5) is 11.4 Å². The average molecular weight is 294 g/mol. The number of piperidine rings is 1. The van der Waals surface area contributed by atoms with Gasteiger partial charge in [0.25, 0.3) is 0 Å². The fourth-order valence-corrected chi connectivity index (χ4v) is 3.57. The fraction of sp³-hybridized carbons (Fsp3) is 0.533. The summed E-state index contributed by atoms with van der Waals surface area (Å²) in [6.07, 6.45) is 4.50. The number of benzene rings is 1. The molecule has 1 amide bonds. The molecular weight excluding hydrogens is 274 g/mol. The summed E-state index contributed by atoms with van der Waals surface area (Å²) in [7, 11) is 0. The van der Waals surface area contributed by atoms with Crippen LogP contribution in [0.15, 0.2) is 18.2 Å². The number of nitrogens with two attached hydrogens (primary N) is 1. The van der Waals surface area contributed by atoms with Crippen LogP contribution in [0.25, 0.3) is 0 Å². The topological polar surface area (TPSA) is 58.4 Å². The van der Waals surface area contributed by atoms with E-state index in [4.69, 9.17) is 17.3 Å². The molecule has 0 radical (unpaired) electrons. The largest absolute Gasteiger partial charge is 0.397 e. The lowest BCUT2D eigenvalue weighted by Gasteiger charge is -2.26. The fourth-order valence-electron chi connectivity index (χ4n) is 3.40. The first-order valence-electron chi connectivity index (χ1n) is 7.21. The van der Waals surface area contributed by atoms with Crippen molar-refractivity contribution in [3.05, 3.63) is 23.2 Å². The number of hydrogen-bond donors (Lipinski definition) is 2. The molecule has 0 aromatic heterocycles. The van der Waals surface area contributed by atoms with Gasteiger partial charge in [-0.1, -0.05) is 11.6 Å². The van der Waals surface area contributed by atoms with E-state index in [0.717, 1.165) is 19.0 Å². The molecule has 5 heteroatoms. The van der Waals surface area contributed by atoms with Crippen molar-refractivity contribution in [2.24, 2.45) is 5.92 Å². The number of nitrogen functional groups attached to an aromatic ring is 1. The van der Waals surface area contributed by atoms with Crippen molar-refractivity contribution in [2.45, 2.75) is 31.7 Å². The van der Waals surface area contributed by atoms with Crippen LogP contribution < -0.4 is 11.1 Å². The molecule has 2 bridgehead atoms. The number of nitrogens with one attached hydrogen (secondary N) is 1. The Balaban J connectivity index is 1.51. The SMILES string of the molecule is Nc1ccc(Cl)cc1NC(=O)CCN1CC2CCC1C2. The molecule has 1 saturated heterocycles. The molecule has 3 rings (SSSR count). The second-order valence-corrected chi connectivity index (χ2v) is 6.29. The molecule has 2 unspecified atom stereocenters. The number of hydrogen-bond acceptors (Lipinski definition) is 3. The molecule has 2 fully saturated rings. The van der Waals surface area contributed by atoms with Gasteiger partial charge in [0.05, 0.1) is 11.4 Å². The smallest absolute Gasteiger partial charge is 0.225 e. The molecule has 4 nitrogen and oxygen atoms in total. The second kappa shape index (κ2) is 5.62. The highest BCUT2D eigenvalue weighted by Crippen LogP contribution is 2.37. The quantitative estimate of drug-likeness (QED) is 0.839. The molecule has 2 atom stereocenters. The highest BCUT2D eigenvalue weighted by atomic mass is 35.5. The van der Waals surface area contributed by atoms with Crippen LogP contribution in [-0.2, 0) is 4.79 Å². The lowest BCUT2D eigenvalue weighted by atomic mass is 10.1. The Kier molecular flexibility index (Phi) is 3.85. The van der Waals surface area contributed by atoms with Gasteiger partial charge >= 0.3 is 0 Å². The maximum atomic E-state index is 12.0. The number of likely N-dealkylation sites (tertiary alicyclic amines) is 1. The van der Waals surface area contributed by atoms with Gasteiger partial charge in [0.15, 0.2) is 0 Å². The van der Waals surface area contributed by atoms with Crippen LogP contribution in [0.5, 0.6) is 0 Å². The van der Waals surface area contributed by atoms with Crippen LogP contribution in [0.1, 0.15) is 25.7 Å². The van der Waals surface area contributed by atoms with Crippen LogP contribution >= 0.6 is 11.6 Å². The molecule has 108 valence electrons. The summed E-state index contributed by atoms with van der Waals surface area (Å²) in [6.45, 7) is 2.00. The number of amides is 1. The molecular formula is C15H20ClN3O. The Morgan fingerprint density at radius 1 is 1.45 bits per heavy atom. The molecule has 20 heavy (non-hydrogen) atoms. The molecule has 1 heterocycles. The van der Waals surface area contributed by atoms with Crippen molar-refractivity contribution in [1.82, 2.24) is 4.90 Å². The van der Waals surface area contributed by atoms with E-state index in [1.54, 1.807) is 18.2 Å². The molecule has 3 N–H and O–H groups in total. The van der Waals surface area contributed by atoms with E-state index < -0.39 is 0 Å². The van der Waals surface area contributed by atoms with Crippen LogP contribution in [0.2, 0.25) is 5.02 Å². The normalized spacial score (nSPS) is 25.1. The monoisotopic (exact) mass is 293 g/mol. The van der Waals surface area contributed by atoms with Gasteiger partial charge in [0.2, 0.25) is 5.91 Å². The Morgan fingerprint density at radius 2 is 2.30 bits per heavy atom. The van der Waals surface area contributed by atoms with Crippen LogP contribution in [-0.4, -0.2) is 29.9 Å². The molecule has 1 saturated carbocycles. The maximum Gasteiger partial charge on any atom is 0.225 e. The minimum Gasteiger partial charge on any atom is -0.397 e. The number of anilines is 2. The minimum absolute atomic E-state index is 0.00161. The van der Waals surface area contributed by atoms with Gasteiger partial charge in [-0.05, 0) is 43.4 Å². The predicted molar refractivity (Wildman–Crippen MR) is 81.8 cm³/mol. The third kappa shape index (κ3) is 2.91. The number of nitrogens with zero attached hydrogens (tertiary/aromatic N) is 1.